The minimum absolute atomic E-state index is 0.557. The van der Waals surface area contributed by atoms with Gasteiger partial charge in [0.15, 0.2) is 0 Å². The van der Waals surface area contributed by atoms with Gasteiger partial charge in [0, 0.05) is 21.4 Å². The number of benzene rings is 2. The van der Waals surface area contributed by atoms with Gasteiger partial charge in [0.2, 0.25) is 0 Å². The summed E-state index contributed by atoms with van der Waals surface area (Å²) in [6.45, 7) is 1.48. The number of nitrogens with one attached hydrogen (secondary N) is 3. The van der Waals surface area contributed by atoms with Crippen molar-refractivity contribution in [2.75, 3.05) is 18.1 Å². The molecule has 0 aliphatic carbocycles. The molecule has 1 aliphatic heterocycles. The summed E-state index contributed by atoms with van der Waals surface area (Å²) < 4.78 is 0. The highest BCUT2D eigenvalue weighted by Gasteiger charge is 2.38. The van der Waals surface area contributed by atoms with Crippen molar-refractivity contribution in [1.82, 2.24) is 15.8 Å². The zero-order valence-electron chi connectivity index (χ0n) is 17.1. The van der Waals surface area contributed by atoms with E-state index in [4.69, 9.17) is 5.21 Å². The van der Waals surface area contributed by atoms with Crippen LogP contribution in [0.5, 0.6) is 0 Å². The van der Waals surface area contributed by atoms with Crippen molar-refractivity contribution in [2.45, 2.75) is 23.3 Å². The number of thioether (sulfide) groups is 1. The third-order valence-electron chi connectivity index (χ3n) is 5.32. The van der Waals surface area contributed by atoms with E-state index in [0.29, 0.717) is 23.6 Å². The van der Waals surface area contributed by atoms with Gasteiger partial charge >= 0.3 is 5.24 Å². The second kappa shape index (κ2) is 9.73. The number of piperidine rings is 1. The number of hydrogen-bond donors (Lipinski definition) is 4. The zero-order valence-corrected chi connectivity index (χ0v) is 17.9. The number of para-hydroxylation sites is 1. The number of carbonyl (C=O) groups excluding carboxylic acids is 2. The van der Waals surface area contributed by atoms with Crippen LogP contribution in [0.15, 0.2) is 64.6 Å². The average molecular weight is 448 g/mol. The number of aromatic amines is 1. The lowest BCUT2D eigenvalue weighted by Gasteiger charge is -2.39. The minimum atomic E-state index is -0.687. The van der Waals surface area contributed by atoms with E-state index in [9.17, 15) is 9.59 Å². The number of carbonyl (C=O) groups is 1. The topological polar surface area (TPSA) is 110 Å². The first-order valence-corrected chi connectivity index (χ1v) is 10.9. The van der Waals surface area contributed by atoms with Gasteiger partial charge in [0.25, 0.3) is 6.08 Å². The molecule has 0 unspecified atom stereocenters. The molecule has 1 aromatic heterocycles. The quantitative estimate of drug-likeness (QED) is 0.122. The average Bonchev–Trinajstić information content (AvgIpc) is 3.26. The highest BCUT2D eigenvalue weighted by molar-refractivity contribution is 8.13. The van der Waals surface area contributed by atoms with Crippen molar-refractivity contribution >= 4 is 39.8 Å². The van der Waals surface area contributed by atoms with E-state index in [1.807, 2.05) is 42.5 Å². The van der Waals surface area contributed by atoms with Gasteiger partial charge in [-0.3, -0.25) is 10.0 Å². The Kier molecular flexibility index (Phi) is 6.59. The van der Waals surface area contributed by atoms with E-state index in [-0.39, 0.29) is 0 Å². The number of hydrogen-bond acceptors (Lipinski definition) is 7. The third kappa shape index (κ3) is 4.69. The van der Waals surface area contributed by atoms with E-state index in [1.54, 1.807) is 28.7 Å². The van der Waals surface area contributed by atoms with Crippen molar-refractivity contribution in [3.05, 3.63) is 60.2 Å². The standard InChI is InChI=1S/C23H21N5O3S/c29-16-25-28(21-15-18-3-1-2-4-20(18)26-21)23(11-13-24-14-12-23)10-9-17-5-7-19(8-6-17)32-22(30)27-31/h1-8,15,24,26,31H,11-14H2,(H,27,30). The lowest BCUT2D eigenvalue weighted by atomic mass is 9.87. The number of amides is 1. The number of nitrogens with zero attached hydrogens (tertiary/aromatic N) is 2. The van der Waals surface area contributed by atoms with Gasteiger partial charge in [-0.15, -0.1) is 0 Å². The second-order valence-electron chi connectivity index (χ2n) is 7.30. The lowest BCUT2D eigenvalue weighted by molar-refractivity contribution is 0.180. The van der Waals surface area contributed by atoms with E-state index in [1.165, 1.54) is 0 Å². The smallest absolute Gasteiger partial charge is 0.307 e. The predicted molar refractivity (Wildman–Crippen MR) is 123 cm³/mol. The van der Waals surface area contributed by atoms with Crippen LogP contribution in [0.3, 0.4) is 0 Å². The molecule has 8 nitrogen and oxygen atoms in total. The van der Waals surface area contributed by atoms with E-state index in [2.05, 4.69) is 27.2 Å². The highest BCUT2D eigenvalue weighted by Crippen LogP contribution is 2.33. The summed E-state index contributed by atoms with van der Waals surface area (Å²) in [4.78, 5) is 26.7. The Morgan fingerprint density at radius 3 is 2.59 bits per heavy atom. The molecule has 1 fully saturated rings. The summed E-state index contributed by atoms with van der Waals surface area (Å²) in [7, 11) is 0. The molecule has 2 heterocycles. The Morgan fingerprint density at radius 2 is 1.91 bits per heavy atom. The minimum Gasteiger partial charge on any atom is -0.340 e. The van der Waals surface area contributed by atoms with Gasteiger partial charge < -0.3 is 10.3 Å². The highest BCUT2D eigenvalue weighted by atomic mass is 32.2. The van der Waals surface area contributed by atoms with Crippen molar-refractivity contribution in [3.63, 3.8) is 0 Å². The Morgan fingerprint density at radius 1 is 1.16 bits per heavy atom. The van der Waals surface area contributed by atoms with Gasteiger partial charge in [0.05, 0.1) is 0 Å². The third-order valence-corrected chi connectivity index (χ3v) is 6.10. The summed E-state index contributed by atoms with van der Waals surface area (Å²) in [6.07, 6.45) is 3.04. The second-order valence-corrected chi connectivity index (χ2v) is 8.35. The summed E-state index contributed by atoms with van der Waals surface area (Å²) in [6, 6.07) is 17.0. The largest absolute Gasteiger partial charge is 0.340 e. The molecule has 0 bridgehead atoms. The first-order valence-electron chi connectivity index (χ1n) is 10.1. The number of hydroxylamine groups is 1. The summed E-state index contributed by atoms with van der Waals surface area (Å²) in [5, 5.41) is 18.2. The maximum Gasteiger partial charge on any atom is 0.307 e. The summed E-state index contributed by atoms with van der Waals surface area (Å²) in [5.41, 5.74) is 2.62. The van der Waals surface area contributed by atoms with Crippen LogP contribution in [0.4, 0.5) is 10.6 Å². The molecule has 0 atom stereocenters. The summed E-state index contributed by atoms with van der Waals surface area (Å²) >= 11 is 0.882. The van der Waals surface area contributed by atoms with Crippen LogP contribution < -0.4 is 15.8 Å². The van der Waals surface area contributed by atoms with Crippen molar-refractivity contribution in [1.29, 1.82) is 0 Å². The monoisotopic (exact) mass is 447 g/mol. The first kappa shape index (κ1) is 21.7. The van der Waals surface area contributed by atoms with E-state index in [0.717, 1.165) is 41.3 Å². The molecule has 9 heteroatoms. The molecule has 0 saturated carbocycles. The van der Waals surface area contributed by atoms with Crippen LogP contribution in [0.2, 0.25) is 0 Å². The van der Waals surface area contributed by atoms with Gasteiger partial charge in [-0.2, -0.15) is 0 Å². The number of anilines is 1. The Balaban J connectivity index is 1.68. The number of isocyanates is 1. The molecule has 0 radical (unpaired) electrons. The maximum atomic E-state index is 11.3. The molecule has 162 valence electrons. The molecular weight excluding hydrogens is 426 g/mol. The molecule has 1 aliphatic rings. The number of aromatic nitrogens is 1. The molecule has 4 N–H and O–H groups in total. The van der Waals surface area contributed by atoms with E-state index < -0.39 is 10.8 Å². The Bertz CT molecular complexity index is 1180. The van der Waals surface area contributed by atoms with Gasteiger partial charge in [-0.25, -0.2) is 15.3 Å². The van der Waals surface area contributed by atoms with Crippen LogP contribution in [-0.4, -0.2) is 40.1 Å². The summed E-state index contributed by atoms with van der Waals surface area (Å²) in [5.74, 6) is 7.27. The van der Waals surface area contributed by atoms with Crippen molar-refractivity contribution in [2.24, 2.45) is 5.10 Å². The van der Waals surface area contributed by atoms with Crippen molar-refractivity contribution in [3.8, 4) is 11.8 Å². The van der Waals surface area contributed by atoms with Gasteiger partial charge in [0.1, 0.15) is 11.4 Å². The molecule has 1 amide bonds. The molecule has 3 aromatic rings. The first-order chi connectivity index (χ1) is 15.6. The Hall–Kier alpha value is -3.54. The predicted octanol–water partition coefficient (Wildman–Crippen LogP) is 3.59. The molecule has 4 rings (SSSR count). The number of rotatable bonds is 4. The van der Waals surface area contributed by atoms with Gasteiger partial charge in [-0.05, 0) is 74.1 Å². The fourth-order valence-corrected chi connectivity index (χ4v) is 4.28. The van der Waals surface area contributed by atoms with Crippen LogP contribution in [0.25, 0.3) is 10.9 Å². The molecule has 1 saturated heterocycles. The van der Waals surface area contributed by atoms with E-state index >= 15 is 0 Å². The van der Waals surface area contributed by atoms with Gasteiger partial charge in [-0.1, -0.05) is 35.1 Å². The Labute approximate surface area is 189 Å². The molecule has 0 spiro atoms. The number of H-pyrrole nitrogens is 1. The number of hydrazone groups is 1. The fourth-order valence-electron chi connectivity index (χ4n) is 3.75. The molecule has 2 aromatic carbocycles. The zero-order chi connectivity index (χ0) is 22.4. The lowest BCUT2D eigenvalue weighted by Crippen LogP contribution is -2.52. The van der Waals surface area contributed by atoms with Crippen molar-refractivity contribution < 1.29 is 14.8 Å². The van der Waals surface area contributed by atoms with Crippen LogP contribution in [0, 0.1) is 11.8 Å². The normalized spacial score (nSPS) is 14.7. The number of fused-ring (bicyclic) bond motifs is 1. The fraction of sp³-hybridized carbons (Fsp3) is 0.217. The SMILES string of the molecule is O=C=NN(c1cc2ccccc2[nH]1)C1(C#Cc2ccc(SC(=O)NO)cc2)CCNCC1. The molecular formula is C23H21N5O3S. The molecule has 32 heavy (non-hydrogen) atoms. The maximum absolute atomic E-state index is 11.3. The van der Waals surface area contributed by atoms with Crippen LogP contribution in [-0.2, 0) is 4.79 Å². The van der Waals surface area contributed by atoms with Crippen LogP contribution in [0.1, 0.15) is 18.4 Å². The van der Waals surface area contributed by atoms with Crippen LogP contribution >= 0.6 is 11.8 Å².